The summed E-state index contributed by atoms with van der Waals surface area (Å²) in [4.78, 5) is 17.1. The number of amides is 1. The highest BCUT2D eigenvalue weighted by Crippen LogP contribution is 2.20. The molecule has 0 saturated carbocycles. The van der Waals surface area contributed by atoms with Crippen molar-refractivity contribution in [2.75, 3.05) is 6.54 Å². The van der Waals surface area contributed by atoms with Gasteiger partial charge < -0.3 is 5.32 Å². The van der Waals surface area contributed by atoms with Gasteiger partial charge in [-0.15, -0.1) is 0 Å². The van der Waals surface area contributed by atoms with Gasteiger partial charge in [-0.3, -0.25) is 9.78 Å². The van der Waals surface area contributed by atoms with Crippen molar-refractivity contribution in [2.24, 2.45) is 0 Å². The average molecular weight is 348 g/mol. The Bertz CT molecular complexity index is 820. The summed E-state index contributed by atoms with van der Waals surface area (Å²) < 4.78 is 13.0. The number of halogens is 1. The molecule has 132 valence electrons. The molecule has 2 aromatic carbocycles. The van der Waals surface area contributed by atoms with Crippen LogP contribution in [0.25, 0.3) is 0 Å². The predicted octanol–water partition coefficient (Wildman–Crippen LogP) is 3.91. The van der Waals surface area contributed by atoms with Crippen molar-refractivity contribution in [3.05, 3.63) is 102 Å². The van der Waals surface area contributed by atoms with Crippen LogP contribution in [0.2, 0.25) is 0 Å². The van der Waals surface area contributed by atoms with Crippen LogP contribution < -0.4 is 5.32 Å². The lowest BCUT2D eigenvalue weighted by Crippen LogP contribution is -2.32. The summed E-state index contributed by atoms with van der Waals surface area (Å²) >= 11 is 0. The highest BCUT2D eigenvalue weighted by molar-refractivity contribution is 5.83. The molecule has 1 heterocycles. The van der Waals surface area contributed by atoms with Crippen molar-refractivity contribution >= 4 is 5.91 Å². The largest absolute Gasteiger partial charge is 0.355 e. The van der Waals surface area contributed by atoms with Crippen molar-refractivity contribution in [3.63, 3.8) is 0 Å². The molecule has 0 bridgehead atoms. The standard InChI is InChI=1S/C22H21FN2O/c23-19-11-9-17(10-12-19)13-15-25-22(26)21(18-6-2-1-3-7-18)16-20-8-4-5-14-24-20/h1-12,14,21H,13,15-16H2,(H,25,26). The first-order valence-corrected chi connectivity index (χ1v) is 8.69. The van der Waals surface area contributed by atoms with E-state index in [9.17, 15) is 9.18 Å². The lowest BCUT2D eigenvalue weighted by Gasteiger charge is -2.17. The van der Waals surface area contributed by atoms with Crippen LogP contribution in [0, 0.1) is 5.82 Å². The minimum absolute atomic E-state index is 0.0241. The highest BCUT2D eigenvalue weighted by atomic mass is 19.1. The Morgan fingerprint density at radius 3 is 2.38 bits per heavy atom. The van der Waals surface area contributed by atoms with Crippen LogP contribution >= 0.6 is 0 Å². The number of carbonyl (C=O) groups is 1. The molecule has 1 aromatic heterocycles. The molecule has 0 radical (unpaired) electrons. The van der Waals surface area contributed by atoms with Gasteiger partial charge in [-0.25, -0.2) is 4.39 Å². The fraction of sp³-hybridized carbons (Fsp3) is 0.182. The minimum Gasteiger partial charge on any atom is -0.355 e. The van der Waals surface area contributed by atoms with Gasteiger partial charge in [0.2, 0.25) is 5.91 Å². The van der Waals surface area contributed by atoms with Crippen LogP contribution in [0.4, 0.5) is 4.39 Å². The Labute approximate surface area is 152 Å². The molecule has 3 rings (SSSR count). The average Bonchev–Trinajstić information content (AvgIpc) is 2.69. The molecular weight excluding hydrogens is 327 g/mol. The topological polar surface area (TPSA) is 42.0 Å². The SMILES string of the molecule is O=C(NCCc1ccc(F)cc1)C(Cc1ccccn1)c1ccccc1. The molecule has 0 spiro atoms. The van der Waals surface area contributed by atoms with Crippen LogP contribution in [-0.2, 0) is 17.6 Å². The van der Waals surface area contributed by atoms with E-state index in [4.69, 9.17) is 0 Å². The number of rotatable bonds is 7. The third-order valence-electron chi connectivity index (χ3n) is 4.28. The molecule has 1 atom stereocenters. The van der Waals surface area contributed by atoms with Crippen molar-refractivity contribution in [1.29, 1.82) is 0 Å². The van der Waals surface area contributed by atoms with Gasteiger partial charge in [0.25, 0.3) is 0 Å². The molecular formula is C22H21FN2O. The third kappa shape index (κ3) is 4.99. The van der Waals surface area contributed by atoms with Gasteiger partial charge in [-0.1, -0.05) is 48.5 Å². The van der Waals surface area contributed by atoms with Crippen LogP contribution in [0.15, 0.2) is 79.0 Å². The lowest BCUT2D eigenvalue weighted by molar-refractivity contribution is -0.122. The fourth-order valence-electron chi connectivity index (χ4n) is 2.88. The number of nitrogens with zero attached hydrogens (tertiary/aromatic N) is 1. The number of hydrogen-bond acceptors (Lipinski definition) is 2. The fourth-order valence-corrected chi connectivity index (χ4v) is 2.88. The zero-order chi connectivity index (χ0) is 18.2. The Morgan fingerprint density at radius 2 is 1.69 bits per heavy atom. The number of aromatic nitrogens is 1. The second-order valence-electron chi connectivity index (χ2n) is 6.16. The summed E-state index contributed by atoms with van der Waals surface area (Å²) in [5, 5.41) is 3.00. The number of carbonyl (C=O) groups excluding carboxylic acids is 1. The van der Waals surface area contributed by atoms with Gasteiger partial charge in [-0.2, -0.15) is 0 Å². The second kappa shape index (κ2) is 8.90. The summed E-state index contributed by atoms with van der Waals surface area (Å²) in [6.07, 6.45) is 2.95. The predicted molar refractivity (Wildman–Crippen MR) is 100 cm³/mol. The first-order valence-electron chi connectivity index (χ1n) is 8.69. The van der Waals surface area contributed by atoms with Gasteiger partial charge in [0, 0.05) is 24.9 Å². The molecule has 1 amide bonds. The van der Waals surface area contributed by atoms with Crippen LogP contribution in [0.1, 0.15) is 22.7 Å². The molecule has 1 N–H and O–H groups in total. The van der Waals surface area contributed by atoms with Gasteiger partial charge in [0.15, 0.2) is 0 Å². The quantitative estimate of drug-likeness (QED) is 0.703. The number of nitrogens with one attached hydrogen (secondary N) is 1. The van der Waals surface area contributed by atoms with E-state index in [2.05, 4.69) is 10.3 Å². The molecule has 0 aliphatic rings. The summed E-state index contributed by atoms with van der Waals surface area (Å²) in [6.45, 7) is 0.510. The molecule has 0 saturated heterocycles. The van der Waals surface area contributed by atoms with E-state index in [0.717, 1.165) is 16.8 Å². The van der Waals surface area contributed by atoms with Crippen molar-refractivity contribution in [3.8, 4) is 0 Å². The minimum atomic E-state index is -0.292. The smallest absolute Gasteiger partial charge is 0.227 e. The first kappa shape index (κ1) is 17.8. The van der Waals surface area contributed by atoms with Crippen LogP contribution in [-0.4, -0.2) is 17.4 Å². The molecule has 0 aliphatic heterocycles. The zero-order valence-electron chi connectivity index (χ0n) is 14.4. The molecule has 0 fully saturated rings. The van der Waals surface area contributed by atoms with E-state index in [1.54, 1.807) is 18.3 Å². The van der Waals surface area contributed by atoms with Crippen molar-refractivity contribution < 1.29 is 9.18 Å². The van der Waals surface area contributed by atoms with E-state index in [0.29, 0.717) is 19.4 Å². The maximum Gasteiger partial charge on any atom is 0.227 e. The van der Waals surface area contributed by atoms with Crippen molar-refractivity contribution in [2.45, 2.75) is 18.8 Å². The van der Waals surface area contributed by atoms with Gasteiger partial charge in [0.05, 0.1) is 5.92 Å². The van der Waals surface area contributed by atoms with Gasteiger partial charge in [0.1, 0.15) is 5.82 Å². The molecule has 4 heteroatoms. The third-order valence-corrected chi connectivity index (χ3v) is 4.28. The number of benzene rings is 2. The van der Waals surface area contributed by atoms with Gasteiger partial charge >= 0.3 is 0 Å². The molecule has 3 nitrogen and oxygen atoms in total. The van der Waals surface area contributed by atoms with E-state index >= 15 is 0 Å². The molecule has 1 unspecified atom stereocenters. The van der Waals surface area contributed by atoms with E-state index in [-0.39, 0.29) is 17.6 Å². The molecule has 3 aromatic rings. The van der Waals surface area contributed by atoms with Crippen LogP contribution in [0.3, 0.4) is 0 Å². The number of hydrogen-bond donors (Lipinski definition) is 1. The van der Waals surface area contributed by atoms with E-state index in [1.165, 1.54) is 12.1 Å². The Morgan fingerprint density at radius 1 is 0.962 bits per heavy atom. The summed E-state index contributed by atoms with van der Waals surface area (Å²) in [5.74, 6) is -0.569. The van der Waals surface area contributed by atoms with Crippen LogP contribution in [0.5, 0.6) is 0 Å². The Hall–Kier alpha value is -3.01. The van der Waals surface area contributed by atoms with Gasteiger partial charge in [-0.05, 0) is 41.8 Å². The van der Waals surface area contributed by atoms with E-state index < -0.39 is 0 Å². The van der Waals surface area contributed by atoms with Crippen molar-refractivity contribution in [1.82, 2.24) is 10.3 Å². The summed E-state index contributed by atoms with van der Waals surface area (Å²) in [6, 6.07) is 21.8. The molecule has 0 aliphatic carbocycles. The zero-order valence-corrected chi connectivity index (χ0v) is 14.4. The highest BCUT2D eigenvalue weighted by Gasteiger charge is 2.21. The molecule has 26 heavy (non-hydrogen) atoms. The normalized spacial score (nSPS) is 11.7. The van der Waals surface area contributed by atoms with E-state index in [1.807, 2.05) is 48.5 Å². The Balaban J connectivity index is 1.65. The Kier molecular flexibility index (Phi) is 6.09. The summed E-state index contributed by atoms with van der Waals surface area (Å²) in [5.41, 5.74) is 2.85. The first-order chi connectivity index (χ1) is 12.7. The maximum atomic E-state index is 13.0. The maximum absolute atomic E-state index is 13.0. The summed E-state index contributed by atoms with van der Waals surface area (Å²) in [7, 11) is 0. The monoisotopic (exact) mass is 348 g/mol. The lowest BCUT2D eigenvalue weighted by atomic mass is 9.93. The second-order valence-corrected chi connectivity index (χ2v) is 6.16. The number of pyridine rings is 1.